The van der Waals surface area contributed by atoms with Crippen molar-refractivity contribution in [3.63, 3.8) is 0 Å². The molecule has 1 unspecified atom stereocenters. The largest absolute Gasteiger partial charge is 0.370 e. The summed E-state index contributed by atoms with van der Waals surface area (Å²) in [6, 6.07) is 2.06. The fraction of sp³-hybridized carbons (Fsp3) is 0.643. The van der Waals surface area contributed by atoms with Gasteiger partial charge in [-0.05, 0) is 35.2 Å². The number of amides is 1. The second-order valence-corrected chi connectivity index (χ2v) is 6.04. The summed E-state index contributed by atoms with van der Waals surface area (Å²) in [5.41, 5.74) is 6.74. The van der Waals surface area contributed by atoms with Crippen molar-refractivity contribution in [1.82, 2.24) is 4.90 Å². The van der Waals surface area contributed by atoms with Gasteiger partial charge in [0.05, 0.1) is 19.3 Å². The Morgan fingerprint density at radius 3 is 3.00 bits per heavy atom. The van der Waals surface area contributed by atoms with Gasteiger partial charge in [0.2, 0.25) is 0 Å². The molecule has 2 aliphatic rings. The molecule has 1 aromatic rings. The summed E-state index contributed by atoms with van der Waals surface area (Å²) in [6.45, 7) is 2.33. The zero-order valence-electron chi connectivity index (χ0n) is 11.8. The van der Waals surface area contributed by atoms with E-state index in [2.05, 4.69) is 11.4 Å². The number of hydrogen-bond donors (Lipinski definition) is 1. The maximum atomic E-state index is 12.5. The van der Waals surface area contributed by atoms with Crippen molar-refractivity contribution in [3.05, 3.63) is 22.4 Å². The van der Waals surface area contributed by atoms with Gasteiger partial charge >= 0.3 is 0 Å². The van der Waals surface area contributed by atoms with E-state index in [9.17, 15) is 4.79 Å². The standard InChI is InChI=1S/C14H20N2O3S.ClH/c15-7-11-1-2-12(19-11)14(17)16-4-5-18-13(8-16)10-3-6-20-9-10;/h3,6,9,11-13H,1-2,4-5,7-8,15H2;1H/t11-,12+,13?;/m1./s1. The van der Waals surface area contributed by atoms with Crippen molar-refractivity contribution < 1.29 is 14.3 Å². The molecule has 3 heterocycles. The van der Waals surface area contributed by atoms with Crippen LogP contribution in [0.4, 0.5) is 0 Å². The molecule has 2 aliphatic heterocycles. The molecule has 0 radical (unpaired) electrons. The fourth-order valence-corrected chi connectivity index (χ4v) is 3.48. The highest BCUT2D eigenvalue weighted by molar-refractivity contribution is 7.07. The summed E-state index contributed by atoms with van der Waals surface area (Å²) in [5.74, 6) is 0.0875. The van der Waals surface area contributed by atoms with Gasteiger partial charge in [-0.2, -0.15) is 11.3 Å². The van der Waals surface area contributed by atoms with Crippen molar-refractivity contribution >= 4 is 29.7 Å². The molecule has 2 N–H and O–H groups in total. The number of ether oxygens (including phenoxy) is 2. The van der Waals surface area contributed by atoms with Gasteiger partial charge in [-0.1, -0.05) is 0 Å². The number of nitrogens with zero attached hydrogens (tertiary/aromatic N) is 1. The van der Waals surface area contributed by atoms with Crippen molar-refractivity contribution in [2.24, 2.45) is 5.73 Å². The molecule has 0 saturated carbocycles. The van der Waals surface area contributed by atoms with E-state index in [-0.39, 0.29) is 36.6 Å². The number of morpholine rings is 1. The Morgan fingerprint density at radius 2 is 2.33 bits per heavy atom. The third-order valence-corrected chi connectivity index (χ3v) is 4.64. The second kappa shape index (κ2) is 7.56. The molecule has 1 aromatic heterocycles. The Kier molecular flexibility index (Phi) is 6.01. The maximum Gasteiger partial charge on any atom is 0.251 e. The van der Waals surface area contributed by atoms with Crippen LogP contribution in [-0.2, 0) is 14.3 Å². The first-order valence-electron chi connectivity index (χ1n) is 7.06. The number of halogens is 1. The van der Waals surface area contributed by atoms with E-state index in [1.54, 1.807) is 11.3 Å². The first-order valence-corrected chi connectivity index (χ1v) is 8.00. The quantitative estimate of drug-likeness (QED) is 0.912. The third-order valence-electron chi connectivity index (χ3n) is 3.94. The van der Waals surface area contributed by atoms with E-state index >= 15 is 0 Å². The molecular weight excluding hydrogens is 312 g/mol. The summed E-state index contributed by atoms with van der Waals surface area (Å²) < 4.78 is 11.5. The smallest absolute Gasteiger partial charge is 0.251 e. The average Bonchev–Trinajstić information content (AvgIpc) is 3.17. The van der Waals surface area contributed by atoms with Crippen LogP contribution < -0.4 is 5.73 Å². The van der Waals surface area contributed by atoms with Gasteiger partial charge in [0.1, 0.15) is 12.2 Å². The van der Waals surface area contributed by atoms with E-state index in [4.69, 9.17) is 15.2 Å². The van der Waals surface area contributed by atoms with Crippen molar-refractivity contribution in [1.29, 1.82) is 0 Å². The summed E-state index contributed by atoms with van der Waals surface area (Å²) in [6.07, 6.45) is 1.37. The Balaban J connectivity index is 0.00000161. The molecule has 5 nitrogen and oxygen atoms in total. The van der Waals surface area contributed by atoms with Gasteiger partial charge in [-0.15, -0.1) is 12.4 Å². The molecule has 0 aromatic carbocycles. The SMILES string of the molecule is Cl.NC[C@H]1CC[C@@H](C(=O)N2CCOC(c3ccsc3)C2)O1. The molecule has 21 heavy (non-hydrogen) atoms. The van der Waals surface area contributed by atoms with Crippen LogP contribution in [0.3, 0.4) is 0 Å². The molecule has 2 fully saturated rings. The van der Waals surface area contributed by atoms with E-state index in [0.29, 0.717) is 26.2 Å². The molecule has 7 heteroatoms. The fourth-order valence-electron chi connectivity index (χ4n) is 2.77. The van der Waals surface area contributed by atoms with Crippen molar-refractivity contribution in [3.8, 4) is 0 Å². The van der Waals surface area contributed by atoms with Crippen LogP contribution in [0.25, 0.3) is 0 Å². The Bertz CT molecular complexity index is 457. The minimum Gasteiger partial charge on any atom is -0.370 e. The minimum absolute atomic E-state index is 0. The van der Waals surface area contributed by atoms with Crippen LogP contribution in [0.15, 0.2) is 16.8 Å². The van der Waals surface area contributed by atoms with Gasteiger partial charge in [0.15, 0.2) is 0 Å². The summed E-state index contributed by atoms with van der Waals surface area (Å²) in [7, 11) is 0. The molecular formula is C14H21ClN2O3S. The average molecular weight is 333 g/mol. The van der Waals surface area contributed by atoms with E-state index in [1.807, 2.05) is 10.3 Å². The Labute approximate surface area is 134 Å². The van der Waals surface area contributed by atoms with Crippen LogP contribution >= 0.6 is 23.7 Å². The third kappa shape index (κ3) is 3.76. The highest BCUT2D eigenvalue weighted by Gasteiger charge is 2.35. The van der Waals surface area contributed by atoms with Crippen LogP contribution in [0.2, 0.25) is 0 Å². The van der Waals surface area contributed by atoms with Gasteiger partial charge in [-0.25, -0.2) is 0 Å². The number of carbonyl (C=O) groups is 1. The number of rotatable bonds is 3. The van der Waals surface area contributed by atoms with Crippen LogP contribution in [-0.4, -0.2) is 49.3 Å². The normalized spacial score (nSPS) is 29.2. The monoisotopic (exact) mass is 332 g/mol. The molecule has 0 bridgehead atoms. The van der Waals surface area contributed by atoms with E-state index in [0.717, 1.165) is 18.4 Å². The number of hydrogen-bond acceptors (Lipinski definition) is 5. The van der Waals surface area contributed by atoms with Crippen LogP contribution in [0, 0.1) is 0 Å². The summed E-state index contributed by atoms with van der Waals surface area (Å²) in [4.78, 5) is 14.4. The molecule has 2 saturated heterocycles. The summed E-state index contributed by atoms with van der Waals surface area (Å²) >= 11 is 1.65. The highest BCUT2D eigenvalue weighted by atomic mass is 35.5. The minimum atomic E-state index is -0.315. The lowest BCUT2D eigenvalue weighted by molar-refractivity contribution is -0.150. The molecule has 3 rings (SSSR count). The predicted octanol–water partition coefficient (Wildman–Crippen LogP) is 1.58. The Hall–Kier alpha value is -0.660. The van der Waals surface area contributed by atoms with Crippen LogP contribution in [0.1, 0.15) is 24.5 Å². The lowest BCUT2D eigenvalue weighted by atomic mass is 10.1. The van der Waals surface area contributed by atoms with Gasteiger partial charge < -0.3 is 20.1 Å². The Morgan fingerprint density at radius 1 is 1.48 bits per heavy atom. The molecule has 0 spiro atoms. The lowest BCUT2D eigenvalue weighted by Gasteiger charge is -2.34. The summed E-state index contributed by atoms with van der Waals surface area (Å²) in [5, 5.41) is 4.11. The predicted molar refractivity (Wildman–Crippen MR) is 83.8 cm³/mol. The topological polar surface area (TPSA) is 64.8 Å². The maximum absolute atomic E-state index is 12.5. The first-order chi connectivity index (χ1) is 9.78. The number of carbonyl (C=O) groups excluding carboxylic acids is 1. The molecule has 118 valence electrons. The highest BCUT2D eigenvalue weighted by Crippen LogP contribution is 2.26. The molecule has 0 aliphatic carbocycles. The van der Waals surface area contributed by atoms with Gasteiger partial charge in [0.25, 0.3) is 5.91 Å². The van der Waals surface area contributed by atoms with E-state index < -0.39 is 0 Å². The molecule has 1 amide bonds. The molecule has 3 atom stereocenters. The van der Waals surface area contributed by atoms with Crippen molar-refractivity contribution in [2.75, 3.05) is 26.2 Å². The van der Waals surface area contributed by atoms with Gasteiger partial charge in [0, 0.05) is 13.1 Å². The van der Waals surface area contributed by atoms with Crippen LogP contribution in [0.5, 0.6) is 0 Å². The zero-order valence-corrected chi connectivity index (χ0v) is 13.4. The van der Waals surface area contributed by atoms with E-state index in [1.165, 1.54) is 0 Å². The first kappa shape index (κ1) is 16.7. The number of nitrogens with two attached hydrogens (primary N) is 1. The van der Waals surface area contributed by atoms with Gasteiger partial charge in [-0.3, -0.25) is 4.79 Å². The lowest BCUT2D eigenvalue weighted by Crippen LogP contribution is -2.46. The number of thiophene rings is 1. The van der Waals surface area contributed by atoms with Crippen molar-refractivity contribution in [2.45, 2.75) is 31.2 Å². The second-order valence-electron chi connectivity index (χ2n) is 5.26. The zero-order chi connectivity index (χ0) is 13.9.